The maximum Gasteiger partial charge on any atom is 0.153 e. The summed E-state index contributed by atoms with van der Waals surface area (Å²) in [5, 5.41) is -0.0474. The van der Waals surface area contributed by atoms with Crippen LogP contribution in [0.2, 0.25) is 0 Å². The minimum absolute atomic E-state index is 0.0474. The van der Waals surface area contributed by atoms with Crippen molar-refractivity contribution >= 4 is 9.84 Å². The highest BCUT2D eigenvalue weighted by molar-refractivity contribution is 7.92. The Bertz CT molecular complexity index is 330. The largest absolute Gasteiger partial charge is 0.330 e. The lowest BCUT2D eigenvalue weighted by atomic mass is 9.88. The number of hydrogen-bond acceptors (Lipinski definition) is 3. The number of rotatable bonds is 7. The smallest absolute Gasteiger partial charge is 0.153 e. The van der Waals surface area contributed by atoms with Gasteiger partial charge >= 0.3 is 0 Å². The molecule has 0 saturated heterocycles. The highest BCUT2D eigenvalue weighted by atomic mass is 32.2. The third-order valence-electron chi connectivity index (χ3n) is 4.15. The zero-order chi connectivity index (χ0) is 13.6. The van der Waals surface area contributed by atoms with E-state index in [1.54, 1.807) is 0 Å². The number of sulfone groups is 1. The van der Waals surface area contributed by atoms with Gasteiger partial charge in [0.2, 0.25) is 0 Å². The lowest BCUT2D eigenvalue weighted by Crippen LogP contribution is -2.27. The Balaban J connectivity index is 2.29. The van der Waals surface area contributed by atoms with Gasteiger partial charge in [-0.3, -0.25) is 0 Å². The van der Waals surface area contributed by atoms with E-state index in [0.29, 0.717) is 12.3 Å². The number of nitrogens with two attached hydrogens (primary N) is 1. The van der Waals surface area contributed by atoms with Gasteiger partial charge in [-0.25, -0.2) is 8.42 Å². The lowest BCUT2D eigenvalue weighted by molar-refractivity contribution is 0.335. The maximum atomic E-state index is 12.2. The molecular weight excluding hydrogens is 246 g/mol. The molecule has 0 aliphatic heterocycles. The van der Waals surface area contributed by atoms with Crippen LogP contribution in [0.5, 0.6) is 0 Å². The normalized spacial score (nSPS) is 19.1. The van der Waals surface area contributed by atoms with Crippen LogP contribution in [0.4, 0.5) is 0 Å². The molecule has 18 heavy (non-hydrogen) atoms. The second kappa shape index (κ2) is 6.90. The van der Waals surface area contributed by atoms with E-state index in [1.807, 2.05) is 0 Å². The first kappa shape index (κ1) is 16.0. The molecule has 0 bridgehead atoms. The van der Waals surface area contributed by atoms with Crippen molar-refractivity contribution in [3.05, 3.63) is 0 Å². The molecule has 3 nitrogen and oxygen atoms in total. The zero-order valence-corrected chi connectivity index (χ0v) is 12.8. The van der Waals surface area contributed by atoms with Crippen molar-refractivity contribution in [2.45, 2.75) is 70.5 Å². The molecule has 1 aliphatic rings. The van der Waals surface area contributed by atoms with Crippen LogP contribution in [-0.4, -0.2) is 26.0 Å². The van der Waals surface area contributed by atoms with Gasteiger partial charge in [0, 0.05) is 0 Å². The monoisotopic (exact) mass is 275 g/mol. The van der Waals surface area contributed by atoms with Crippen LogP contribution in [0.25, 0.3) is 0 Å². The standard InChI is InChI=1S/C14H29NO2S/c1-14(2,12-15)10-6-7-11-18(16,17)13-8-4-3-5-9-13/h13H,3-12,15H2,1-2H3. The van der Waals surface area contributed by atoms with Crippen molar-refractivity contribution < 1.29 is 8.42 Å². The second-order valence-corrected chi connectivity index (χ2v) is 8.85. The van der Waals surface area contributed by atoms with Gasteiger partial charge in [0.15, 0.2) is 9.84 Å². The molecule has 108 valence electrons. The number of hydrogen-bond donors (Lipinski definition) is 1. The minimum Gasteiger partial charge on any atom is -0.330 e. The quantitative estimate of drug-likeness (QED) is 0.727. The molecule has 0 aromatic rings. The molecule has 0 amide bonds. The van der Waals surface area contributed by atoms with E-state index in [0.717, 1.165) is 44.9 Å². The maximum absolute atomic E-state index is 12.2. The Labute approximate surface area is 112 Å². The molecule has 1 aliphatic carbocycles. The molecular formula is C14H29NO2S. The summed E-state index contributed by atoms with van der Waals surface area (Å²) < 4.78 is 24.3. The van der Waals surface area contributed by atoms with Gasteiger partial charge < -0.3 is 5.73 Å². The molecule has 0 radical (unpaired) electrons. The van der Waals surface area contributed by atoms with Crippen LogP contribution in [0.1, 0.15) is 65.2 Å². The van der Waals surface area contributed by atoms with Crippen molar-refractivity contribution in [1.29, 1.82) is 0 Å². The molecule has 0 aromatic carbocycles. The first-order chi connectivity index (χ1) is 8.37. The van der Waals surface area contributed by atoms with E-state index in [9.17, 15) is 8.42 Å². The summed E-state index contributed by atoms with van der Waals surface area (Å²) in [7, 11) is -2.84. The Morgan fingerprint density at radius 1 is 1.11 bits per heavy atom. The Kier molecular flexibility index (Phi) is 6.12. The van der Waals surface area contributed by atoms with Crippen LogP contribution >= 0.6 is 0 Å². The van der Waals surface area contributed by atoms with Crippen molar-refractivity contribution in [3.63, 3.8) is 0 Å². The molecule has 2 N–H and O–H groups in total. The van der Waals surface area contributed by atoms with Crippen LogP contribution < -0.4 is 5.73 Å². The fourth-order valence-electron chi connectivity index (χ4n) is 2.60. The summed E-state index contributed by atoms with van der Waals surface area (Å²) in [6.45, 7) is 4.95. The van der Waals surface area contributed by atoms with Crippen molar-refractivity contribution in [3.8, 4) is 0 Å². The molecule has 4 heteroatoms. The molecule has 1 saturated carbocycles. The van der Waals surface area contributed by atoms with E-state index in [-0.39, 0.29) is 10.7 Å². The average Bonchev–Trinajstić information content (AvgIpc) is 2.36. The first-order valence-electron chi connectivity index (χ1n) is 7.29. The molecule has 0 spiro atoms. The van der Waals surface area contributed by atoms with E-state index < -0.39 is 9.84 Å². The van der Waals surface area contributed by atoms with E-state index >= 15 is 0 Å². The summed E-state index contributed by atoms with van der Waals surface area (Å²) in [6.07, 6.45) is 7.93. The lowest BCUT2D eigenvalue weighted by Gasteiger charge is -2.23. The zero-order valence-electron chi connectivity index (χ0n) is 12.0. The fraction of sp³-hybridized carbons (Fsp3) is 1.00. The third-order valence-corrected chi connectivity index (χ3v) is 6.49. The van der Waals surface area contributed by atoms with E-state index in [2.05, 4.69) is 13.8 Å². The van der Waals surface area contributed by atoms with Crippen molar-refractivity contribution in [1.82, 2.24) is 0 Å². The van der Waals surface area contributed by atoms with Crippen LogP contribution in [0.15, 0.2) is 0 Å². The predicted octanol–water partition coefficient (Wildman–Crippen LogP) is 2.89. The SMILES string of the molecule is CC(C)(CN)CCCCS(=O)(=O)C1CCCCC1. The molecule has 1 rings (SSSR count). The predicted molar refractivity (Wildman–Crippen MR) is 77.3 cm³/mol. The van der Waals surface area contributed by atoms with Gasteiger partial charge in [0.1, 0.15) is 0 Å². The highest BCUT2D eigenvalue weighted by Gasteiger charge is 2.26. The van der Waals surface area contributed by atoms with Gasteiger partial charge in [0.05, 0.1) is 11.0 Å². The van der Waals surface area contributed by atoms with Crippen molar-refractivity contribution in [2.75, 3.05) is 12.3 Å². The van der Waals surface area contributed by atoms with E-state index in [4.69, 9.17) is 5.73 Å². The van der Waals surface area contributed by atoms with Gasteiger partial charge in [-0.05, 0) is 37.6 Å². The first-order valence-corrected chi connectivity index (χ1v) is 9.00. The Hall–Kier alpha value is -0.0900. The van der Waals surface area contributed by atoms with Crippen LogP contribution in [0, 0.1) is 5.41 Å². The summed E-state index contributed by atoms with van der Waals surface area (Å²) in [4.78, 5) is 0. The Morgan fingerprint density at radius 3 is 2.28 bits per heavy atom. The van der Waals surface area contributed by atoms with Gasteiger partial charge in [-0.15, -0.1) is 0 Å². The molecule has 0 atom stereocenters. The molecule has 1 fully saturated rings. The second-order valence-electron chi connectivity index (χ2n) is 6.45. The van der Waals surface area contributed by atoms with Crippen molar-refractivity contribution in [2.24, 2.45) is 11.1 Å². The minimum atomic E-state index is -2.84. The molecule has 0 aromatic heterocycles. The fourth-order valence-corrected chi connectivity index (χ4v) is 4.59. The van der Waals surface area contributed by atoms with Gasteiger partial charge in [0.25, 0.3) is 0 Å². The van der Waals surface area contributed by atoms with Gasteiger partial charge in [-0.1, -0.05) is 39.5 Å². The summed E-state index contributed by atoms with van der Waals surface area (Å²) in [5.74, 6) is 0.373. The third kappa shape index (κ3) is 5.27. The summed E-state index contributed by atoms with van der Waals surface area (Å²) >= 11 is 0. The summed E-state index contributed by atoms with van der Waals surface area (Å²) in [6, 6.07) is 0. The number of unbranched alkanes of at least 4 members (excludes halogenated alkanes) is 1. The highest BCUT2D eigenvalue weighted by Crippen LogP contribution is 2.26. The van der Waals surface area contributed by atoms with Crippen LogP contribution in [-0.2, 0) is 9.84 Å². The Morgan fingerprint density at radius 2 is 1.72 bits per heavy atom. The van der Waals surface area contributed by atoms with E-state index in [1.165, 1.54) is 6.42 Å². The van der Waals surface area contributed by atoms with Gasteiger partial charge in [-0.2, -0.15) is 0 Å². The summed E-state index contributed by atoms with van der Waals surface area (Å²) in [5.41, 5.74) is 5.82. The topological polar surface area (TPSA) is 60.2 Å². The molecule has 0 heterocycles. The average molecular weight is 275 g/mol. The van der Waals surface area contributed by atoms with Crippen LogP contribution in [0.3, 0.4) is 0 Å². The molecule has 0 unspecified atom stereocenters.